The van der Waals surface area contributed by atoms with Gasteiger partial charge in [-0.05, 0) is 6.07 Å². The lowest BCUT2D eigenvalue weighted by atomic mass is 10.2. The summed E-state index contributed by atoms with van der Waals surface area (Å²) in [5.41, 5.74) is 1.15. The van der Waals surface area contributed by atoms with Crippen molar-refractivity contribution in [1.29, 1.82) is 0 Å². The van der Waals surface area contributed by atoms with Gasteiger partial charge in [0.15, 0.2) is 0 Å². The van der Waals surface area contributed by atoms with Crippen LogP contribution in [0.15, 0.2) is 24.5 Å². The molecule has 6 nitrogen and oxygen atoms in total. The number of carboxylic acids is 1. The van der Waals surface area contributed by atoms with Crippen LogP contribution in [0.4, 0.5) is 4.39 Å². The van der Waals surface area contributed by atoms with E-state index in [9.17, 15) is 9.18 Å². The summed E-state index contributed by atoms with van der Waals surface area (Å²) in [7, 11) is 0. The largest absolute Gasteiger partial charge is 0.478 e. The lowest BCUT2D eigenvalue weighted by Gasteiger charge is -1.95. The number of aromatic nitrogens is 4. The van der Waals surface area contributed by atoms with Crippen LogP contribution in [0.5, 0.6) is 0 Å². The molecule has 90 valence electrons. The summed E-state index contributed by atoms with van der Waals surface area (Å²) in [5, 5.41) is 15.2. The maximum atomic E-state index is 13.5. The minimum atomic E-state index is -1.32. The maximum absolute atomic E-state index is 13.5. The number of carbonyl (C=O) groups is 1. The minimum absolute atomic E-state index is 0.394. The maximum Gasteiger partial charge on any atom is 0.338 e. The lowest BCUT2D eigenvalue weighted by Crippen LogP contribution is -1.99. The Morgan fingerprint density at radius 3 is 2.89 bits per heavy atom. The first-order chi connectivity index (χ1) is 8.65. The summed E-state index contributed by atoms with van der Waals surface area (Å²) in [6.07, 6.45) is 3.19. The molecule has 0 aliphatic carbocycles. The SMILES string of the molecule is O=C(O)c1cc2nc(-c3cn[nH]c3)[nH]c2cc1F. The van der Waals surface area contributed by atoms with Crippen LogP contribution in [-0.2, 0) is 0 Å². The minimum Gasteiger partial charge on any atom is -0.478 e. The number of hydrogen-bond donors (Lipinski definition) is 3. The van der Waals surface area contributed by atoms with Crippen molar-refractivity contribution in [3.05, 3.63) is 35.9 Å². The molecule has 0 saturated heterocycles. The van der Waals surface area contributed by atoms with Crippen molar-refractivity contribution in [2.75, 3.05) is 0 Å². The van der Waals surface area contributed by atoms with Gasteiger partial charge in [-0.25, -0.2) is 14.2 Å². The van der Waals surface area contributed by atoms with Crippen LogP contribution in [0.25, 0.3) is 22.4 Å². The summed E-state index contributed by atoms with van der Waals surface area (Å²) < 4.78 is 13.5. The molecular weight excluding hydrogens is 239 g/mol. The van der Waals surface area contributed by atoms with Crippen LogP contribution in [-0.4, -0.2) is 31.2 Å². The van der Waals surface area contributed by atoms with E-state index < -0.39 is 17.3 Å². The standard InChI is InChI=1S/C11H7FN4O2/c12-7-2-9-8(1-6(7)11(17)18)15-10(16-9)5-3-13-14-4-5/h1-4H,(H,13,14)(H,15,16)(H,17,18). The highest BCUT2D eigenvalue weighted by Crippen LogP contribution is 2.22. The van der Waals surface area contributed by atoms with Crippen LogP contribution in [0.2, 0.25) is 0 Å². The van der Waals surface area contributed by atoms with E-state index >= 15 is 0 Å². The van der Waals surface area contributed by atoms with Gasteiger partial charge in [0, 0.05) is 12.3 Å². The normalized spacial score (nSPS) is 10.9. The van der Waals surface area contributed by atoms with Gasteiger partial charge < -0.3 is 10.1 Å². The molecule has 1 aromatic carbocycles. The molecular formula is C11H7FN4O2. The van der Waals surface area contributed by atoms with Gasteiger partial charge in [0.1, 0.15) is 11.6 Å². The monoisotopic (exact) mass is 246 g/mol. The Bertz CT molecular complexity index is 733. The predicted octanol–water partition coefficient (Wildman–Crippen LogP) is 1.79. The smallest absolute Gasteiger partial charge is 0.338 e. The Labute approximate surface area is 99.5 Å². The van der Waals surface area contributed by atoms with E-state index in [0.717, 1.165) is 6.07 Å². The molecule has 0 amide bonds. The molecule has 0 aliphatic rings. The first-order valence-corrected chi connectivity index (χ1v) is 5.07. The molecule has 0 atom stereocenters. The molecule has 3 rings (SSSR count). The van der Waals surface area contributed by atoms with Gasteiger partial charge in [-0.2, -0.15) is 5.10 Å². The fourth-order valence-electron chi connectivity index (χ4n) is 1.71. The molecule has 7 heteroatoms. The zero-order chi connectivity index (χ0) is 12.7. The third kappa shape index (κ3) is 1.53. The summed E-state index contributed by atoms with van der Waals surface area (Å²) in [6.45, 7) is 0. The second-order valence-electron chi connectivity index (χ2n) is 3.73. The van der Waals surface area contributed by atoms with Gasteiger partial charge >= 0.3 is 5.97 Å². The van der Waals surface area contributed by atoms with E-state index in [1.54, 1.807) is 12.4 Å². The molecule has 2 aromatic heterocycles. The van der Waals surface area contributed by atoms with Gasteiger partial charge in [-0.1, -0.05) is 0 Å². The third-order valence-corrected chi connectivity index (χ3v) is 2.57. The van der Waals surface area contributed by atoms with E-state index in [1.165, 1.54) is 6.07 Å². The Morgan fingerprint density at radius 2 is 2.22 bits per heavy atom. The van der Waals surface area contributed by atoms with Crippen molar-refractivity contribution in [3.8, 4) is 11.4 Å². The highest BCUT2D eigenvalue weighted by atomic mass is 19.1. The summed E-state index contributed by atoms with van der Waals surface area (Å²) in [5.74, 6) is -1.61. The number of fused-ring (bicyclic) bond motifs is 1. The number of benzene rings is 1. The predicted molar refractivity (Wildman–Crippen MR) is 60.6 cm³/mol. The molecule has 0 bridgehead atoms. The van der Waals surface area contributed by atoms with Crippen LogP contribution in [0.3, 0.4) is 0 Å². The highest BCUT2D eigenvalue weighted by molar-refractivity contribution is 5.93. The van der Waals surface area contributed by atoms with Crippen LogP contribution in [0.1, 0.15) is 10.4 Å². The van der Waals surface area contributed by atoms with Crippen molar-refractivity contribution in [2.45, 2.75) is 0 Å². The van der Waals surface area contributed by atoms with Crippen LogP contribution in [0, 0.1) is 5.82 Å². The molecule has 2 heterocycles. The number of aromatic carboxylic acids is 1. The number of H-pyrrole nitrogens is 2. The molecule has 3 N–H and O–H groups in total. The van der Waals surface area contributed by atoms with Gasteiger partial charge in [0.25, 0.3) is 0 Å². The van der Waals surface area contributed by atoms with E-state index in [2.05, 4.69) is 20.2 Å². The molecule has 0 fully saturated rings. The fraction of sp³-hybridized carbons (Fsp3) is 0. The number of rotatable bonds is 2. The van der Waals surface area contributed by atoms with Crippen LogP contribution >= 0.6 is 0 Å². The molecule has 3 aromatic rings. The van der Waals surface area contributed by atoms with Gasteiger partial charge in [-0.3, -0.25) is 5.10 Å². The molecule has 18 heavy (non-hydrogen) atoms. The average Bonchev–Trinajstić information content (AvgIpc) is 2.95. The fourth-order valence-corrected chi connectivity index (χ4v) is 1.71. The summed E-state index contributed by atoms with van der Waals surface area (Å²) >= 11 is 0. The zero-order valence-electron chi connectivity index (χ0n) is 8.94. The van der Waals surface area contributed by atoms with Gasteiger partial charge in [-0.15, -0.1) is 0 Å². The number of carboxylic acid groups (broad SMARTS) is 1. The van der Waals surface area contributed by atoms with Crippen molar-refractivity contribution < 1.29 is 14.3 Å². The number of nitrogens with zero attached hydrogens (tertiary/aromatic N) is 2. The van der Waals surface area contributed by atoms with Crippen molar-refractivity contribution in [1.82, 2.24) is 20.2 Å². The molecule has 0 spiro atoms. The second-order valence-corrected chi connectivity index (χ2v) is 3.73. The number of aromatic amines is 2. The summed E-state index contributed by atoms with van der Waals surface area (Å²) in [4.78, 5) is 17.9. The van der Waals surface area contributed by atoms with Crippen molar-refractivity contribution >= 4 is 17.0 Å². The molecule has 0 saturated carbocycles. The zero-order valence-corrected chi connectivity index (χ0v) is 8.94. The van der Waals surface area contributed by atoms with Crippen LogP contribution < -0.4 is 0 Å². The van der Waals surface area contributed by atoms with Gasteiger partial charge in [0.2, 0.25) is 0 Å². The lowest BCUT2D eigenvalue weighted by molar-refractivity contribution is 0.0692. The van der Waals surface area contributed by atoms with Gasteiger partial charge in [0.05, 0.1) is 28.4 Å². The number of nitrogens with one attached hydrogen (secondary N) is 2. The summed E-state index contributed by atoms with van der Waals surface area (Å²) in [6, 6.07) is 2.32. The first-order valence-electron chi connectivity index (χ1n) is 5.07. The Kier molecular flexibility index (Phi) is 2.12. The van der Waals surface area contributed by atoms with E-state index in [4.69, 9.17) is 5.11 Å². The van der Waals surface area contributed by atoms with E-state index in [-0.39, 0.29) is 0 Å². The Balaban J connectivity index is 2.21. The second kappa shape index (κ2) is 3.66. The first kappa shape index (κ1) is 10.5. The topological polar surface area (TPSA) is 94.7 Å². The van der Waals surface area contributed by atoms with Crippen molar-refractivity contribution in [2.24, 2.45) is 0 Å². The van der Waals surface area contributed by atoms with E-state index in [0.29, 0.717) is 22.4 Å². The quantitative estimate of drug-likeness (QED) is 0.642. The number of imidazole rings is 1. The molecule has 0 unspecified atom stereocenters. The van der Waals surface area contributed by atoms with Crippen molar-refractivity contribution in [3.63, 3.8) is 0 Å². The molecule has 0 aliphatic heterocycles. The molecule has 0 radical (unpaired) electrons. The highest BCUT2D eigenvalue weighted by Gasteiger charge is 2.14. The van der Waals surface area contributed by atoms with E-state index in [1.807, 2.05) is 0 Å². The Hall–Kier alpha value is -2.70. The third-order valence-electron chi connectivity index (χ3n) is 2.57. The Morgan fingerprint density at radius 1 is 1.39 bits per heavy atom. The number of halogens is 1. The number of hydrogen-bond acceptors (Lipinski definition) is 3. The average molecular weight is 246 g/mol.